The zero-order valence-corrected chi connectivity index (χ0v) is 34.4. The Morgan fingerprint density at radius 2 is 0.717 bits per heavy atom. The van der Waals surface area contributed by atoms with Crippen LogP contribution in [0.1, 0.15) is 69.2 Å². The monoisotopic (exact) mass is 866 g/mol. The first kappa shape index (κ1) is 49.4. The molecule has 3 fully saturated rings. The molecule has 24 heteroatoms. The lowest BCUT2D eigenvalue weighted by molar-refractivity contribution is -0.386. The predicted octanol–water partition coefficient (Wildman–Crippen LogP) is -1.41. The fourth-order valence-electron chi connectivity index (χ4n) is 6.55. The number of aliphatic hydroxyl groups excluding tert-OH is 1. The lowest BCUT2D eigenvalue weighted by Gasteiger charge is -2.50. The van der Waals surface area contributed by atoms with Crippen molar-refractivity contribution in [2.75, 3.05) is 13.2 Å². The van der Waals surface area contributed by atoms with Crippen LogP contribution in [0.5, 0.6) is 0 Å². The van der Waals surface area contributed by atoms with Gasteiger partial charge in [0, 0.05) is 62.3 Å². The smallest absolute Gasteiger partial charge is 0.303 e. The summed E-state index contributed by atoms with van der Waals surface area (Å²) >= 11 is 0. The highest BCUT2D eigenvalue weighted by molar-refractivity contribution is 5.70. The van der Waals surface area contributed by atoms with Gasteiger partial charge in [-0.05, 0) is 6.92 Å². The lowest BCUT2D eigenvalue weighted by atomic mass is 9.95. The molecule has 1 N–H and O–H groups in total. The van der Waals surface area contributed by atoms with Gasteiger partial charge in [0.1, 0.15) is 31.5 Å². The Kier molecular flexibility index (Phi) is 18.1. The molecule has 3 aliphatic rings. The quantitative estimate of drug-likeness (QED) is 0.146. The topological polar surface area (TPSA) is 303 Å². The summed E-state index contributed by atoms with van der Waals surface area (Å²) in [4.78, 5) is 111. The van der Waals surface area contributed by atoms with E-state index < -0.39 is 159 Å². The van der Waals surface area contributed by atoms with E-state index in [-0.39, 0.29) is 0 Å². The zero-order chi connectivity index (χ0) is 45.2. The summed E-state index contributed by atoms with van der Waals surface area (Å²) in [6, 6.07) is 0. The van der Waals surface area contributed by atoms with E-state index in [4.69, 9.17) is 66.3 Å². The molecule has 0 amide bonds. The van der Waals surface area contributed by atoms with Crippen molar-refractivity contribution < 1.29 is 115 Å². The van der Waals surface area contributed by atoms with Crippen molar-refractivity contribution >= 4 is 53.7 Å². The Balaban J connectivity index is 2.31. The first-order valence-corrected chi connectivity index (χ1v) is 18.4. The van der Waals surface area contributed by atoms with Crippen molar-refractivity contribution in [3.8, 4) is 0 Å². The summed E-state index contributed by atoms with van der Waals surface area (Å²) in [7, 11) is 0. The van der Waals surface area contributed by atoms with Gasteiger partial charge in [-0.2, -0.15) is 0 Å². The van der Waals surface area contributed by atoms with E-state index in [1.807, 2.05) is 0 Å². The number of ether oxygens (including phenoxy) is 14. The van der Waals surface area contributed by atoms with Crippen LogP contribution in [0.15, 0.2) is 0 Å². The number of aliphatic hydroxyl groups is 1. The van der Waals surface area contributed by atoms with Crippen molar-refractivity contribution in [1.82, 2.24) is 0 Å². The normalized spacial score (nSPS) is 33.8. The third-order valence-corrected chi connectivity index (χ3v) is 8.53. The van der Waals surface area contributed by atoms with Gasteiger partial charge in [-0.15, -0.1) is 0 Å². The van der Waals surface area contributed by atoms with Gasteiger partial charge in [0.05, 0.1) is 6.10 Å². The summed E-state index contributed by atoms with van der Waals surface area (Å²) in [5.41, 5.74) is 0. The molecule has 60 heavy (non-hydrogen) atoms. The van der Waals surface area contributed by atoms with Gasteiger partial charge in [0.25, 0.3) is 0 Å². The number of rotatable bonds is 15. The molecule has 0 aromatic rings. The van der Waals surface area contributed by atoms with E-state index in [0.717, 1.165) is 62.3 Å². The molecular weight excluding hydrogens is 816 g/mol. The van der Waals surface area contributed by atoms with Crippen molar-refractivity contribution in [2.45, 2.75) is 161 Å². The van der Waals surface area contributed by atoms with Gasteiger partial charge < -0.3 is 71.4 Å². The molecular formula is C36H50O24. The molecule has 24 nitrogen and oxygen atoms in total. The Hall–Kier alpha value is -5.01. The molecule has 3 heterocycles. The molecule has 338 valence electrons. The summed E-state index contributed by atoms with van der Waals surface area (Å²) in [6.07, 6.45) is -25.9. The van der Waals surface area contributed by atoms with Crippen LogP contribution >= 0.6 is 0 Å². The Labute approximate surface area is 342 Å². The van der Waals surface area contributed by atoms with E-state index in [0.29, 0.717) is 0 Å². The molecule has 3 rings (SSSR count). The molecule has 0 saturated carbocycles. The summed E-state index contributed by atoms with van der Waals surface area (Å²) < 4.78 is 79.2. The summed E-state index contributed by atoms with van der Waals surface area (Å²) in [6.45, 7) is 9.09. The average molecular weight is 867 g/mol. The predicted molar refractivity (Wildman–Crippen MR) is 186 cm³/mol. The minimum Gasteiger partial charge on any atom is -0.463 e. The van der Waals surface area contributed by atoms with Gasteiger partial charge in [-0.25, -0.2) is 0 Å². The van der Waals surface area contributed by atoms with Crippen LogP contribution in [0.3, 0.4) is 0 Å². The first-order valence-electron chi connectivity index (χ1n) is 18.4. The largest absolute Gasteiger partial charge is 0.463 e. The highest BCUT2D eigenvalue weighted by atomic mass is 16.8. The molecule has 0 bridgehead atoms. The highest BCUT2D eigenvalue weighted by Gasteiger charge is 2.59. The maximum atomic E-state index is 12.8. The highest BCUT2D eigenvalue weighted by Crippen LogP contribution is 2.38. The zero-order valence-electron chi connectivity index (χ0n) is 34.4. The second-order valence-corrected chi connectivity index (χ2v) is 13.6. The minimum atomic E-state index is -2.02. The lowest BCUT2D eigenvalue weighted by Crippen LogP contribution is -2.68. The maximum Gasteiger partial charge on any atom is 0.303 e. The van der Waals surface area contributed by atoms with E-state index in [9.17, 15) is 48.3 Å². The Bertz CT molecular complexity index is 1600. The number of carbonyl (C=O) groups is 9. The van der Waals surface area contributed by atoms with Crippen LogP contribution in [0.4, 0.5) is 0 Å². The Morgan fingerprint density at radius 1 is 0.383 bits per heavy atom. The van der Waals surface area contributed by atoms with Gasteiger partial charge >= 0.3 is 53.7 Å². The third kappa shape index (κ3) is 14.0. The van der Waals surface area contributed by atoms with Crippen LogP contribution < -0.4 is 0 Å². The van der Waals surface area contributed by atoms with Gasteiger partial charge in [0.2, 0.25) is 0 Å². The van der Waals surface area contributed by atoms with Crippen LogP contribution in [-0.2, 0) is 109 Å². The molecule has 0 aliphatic carbocycles. The fraction of sp³-hybridized carbons (Fsp3) is 0.750. The second kappa shape index (κ2) is 22.0. The SMILES string of the molecule is CC(=O)OC[C@H]1O[C@@H](O[C@H]2[C@H](OC(C)=O)[C@@H](OC(C)=O)[C@H](O)O[C@@H]2COC(C)=O)[C@H](O[C@@H]2O[C@@H](C)[C@@H](OC(C)=O)[C@@H](OC(C)=O)[C@@H]2OC(C)=O)[C@@H](OC(C)=O)[C@H]1OC(C)=O. The number of carbonyl (C=O) groups excluding carboxylic acids is 9. The molecule has 0 aromatic heterocycles. The van der Waals surface area contributed by atoms with Crippen molar-refractivity contribution in [2.24, 2.45) is 0 Å². The third-order valence-electron chi connectivity index (χ3n) is 8.53. The van der Waals surface area contributed by atoms with Crippen LogP contribution in [-0.4, -0.2) is 164 Å². The van der Waals surface area contributed by atoms with Gasteiger partial charge in [0.15, 0.2) is 67.7 Å². The summed E-state index contributed by atoms with van der Waals surface area (Å²) in [5, 5.41) is 10.9. The van der Waals surface area contributed by atoms with Crippen molar-refractivity contribution in [1.29, 1.82) is 0 Å². The maximum absolute atomic E-state index is 12.8. The van der Waals surface area contributed by atoms with E-state index in [1.165, 1.54) is 6.92 Å². The van der Waals surface area contributed by atoms with E-state index in [2.05, 4.69) is 0 Å². The Morgan fingerprint density at radius 3 is 1.17 bits per heavy atom. The molecule has 0 radical (unpaired) electrons. The van der Waals surface area contributed by atoms with Crippen LogP contribution in [0, 0.1) is 0 Å². The first-order chi connectivity index (χ1) is 28.0. The van der Waals surface area contributed by atoms with Crippen LogP contribution in [0.25, 0.3) is 0 Å². The molecule has 3 aliphatic heterocycles. The fourth-order valence-corrected chi connectivity index (χ4v) is 6.55. The molecule has 3 saturated heterocycles. The van der Waals surface area contributed by atoms with E-state index >= 15 is 0 Å². The second-order valence-electron chi connectivity index (χ2n) is 13.6. The minimum absolute atomic E-state index is 0.691. The standard InChI is InChI=1S/C36H50O24/c1-13-25(50-16(4)39)28(52-18(6)41)32(56-22(10)45)35(49-13)60-33-30(54-20(8)43)26(51-17(5)40)24(12-48-15(3)38)58-36(33)59-27-23(11-47-14(2)37)57-34(46)31(55-21(9)44)29(27)53-19(7)42/h13,23-36,46H,11-12H2,1-10H3/t13-,23+,24+,25+,26-,27+,28+,29-,30-,31+,32-,33+,34+,35-,36-/m0/s1. The van der Waals surface area contributed by atoms with Crippen LogP contribution in [0.2, 0.25) is 0 Å². The molecule has 0 aromatic carbocycles. The van der Waals surface area contributed by atoms with Crippen molar-refractivity contribution in [3.63, 3.8) is 0 Å². The van der Waals surface area contributed by atoms with E-state index in [1.54, 1.807) is 0 Å². The van der Waals surface area contributed by atoms with Gasteiger partial charge in [-0.1, -0.05) is 0 Å². The molecule has 15 atom stereocenters. The van der Waals surface area contributed by atoms with Gasteiger partial charge in [-0.3, -0.25) is 43.2 Å². The average Bonchev–Trinajstić information content (AvgIpc) is 3.10. The van der Waals surface area contributed by atoms with Crippen molar-refractivity contribution in [3.05, 3.63) is 0 Å². The molecule has 0 spiro atoms. The number of hydrogen-bond acceptors (Lipinski definition) is 24. The molecule has 0 unspecified atom stereocenters. The summed E-state index contributed by atoms with van der Waals surface area (Å²) in [5.74, 6) is -8.31. The number of hydrogen-bond donors (Lipinski definition) is 1. The number of esters is 9.